The highest BCUT2D eigenvalue weighted by Gasteiger charge is 2.65. The zero-order valence-electron chi connectivity index (χ0n) is 26.1. The number of likely N-dealkylation sites (tertiary alicyclic amines) is 1. The maximum Gasteiger partial charge on any atom is 0.303 e. The van der Waals surface area contributed by atoms with Gasteiger partial charge >= 0.3 is 10.2 Å². The first-order valence-corrected chi connectivity index (χ1v) is 17.7. The first-order valence-electron chi connectivity index (χ1n) is 16.2. The van der Waals surface area contributed by atoms with Crippen LogP contribution in [0.25, 0.3) is 22.2 Å². The number of nitrogens with one attached hydrogen (secondary N) is 2. The summed E-state index contributed by atoms with van der Waals surface area (Å²) in [6.07, 6.45) is 7.55. The first kappa shape index (κ1) is 29.0. The van der Waals surface area contributed by atoms with Crippen molar-refractivity contribution in [1.82, 2.24) is 23.8 Å². The van der Waals surface area contributed by atoms with Gasteiger partial charge in [0, 0.05) is 73.8 Å². The molecule has 3 aliphatic heterocycles. The third-order valence-electron chi connectivity index (χ3n) is 11.2. The van der Waals surface area contributed by atoms with E-state index in [2.05, 4.69) is 31.6 Å². The van der Waals surface area contributed by atoms with Gasteiger partial charge in [0.25, 0.3) is 5.91 Å². The van der Waals surface area contributed by atoms with Gasteiger partial charge in [0.05, 0.1) is 18.2 Å². The van der Waals surface area contributed by atoms with E-state index < -0.39 is 21.5 Å². The second kappa shape index (κ2) is 10.3. The lowest BCUT2D eigenvalue weighted by Gasteiger charge is -2.32. The smallest absolute Gasteiger partial charge is 0.303 e. The Labute approximate surface area is 264 Å². The zero-order chi connectivity index (χ0) is 31.2. The molecule has 5 aliphatic rings. The van der Waals surface area contributed by atoms with Crippen LogP contribution in [0, 0.1) is 5.41 Å². The minimum absolute atomic E-state index is 0.0769. The Kier molecular flexibility index (Phi) is 6.64. The fourth-order valence-electron chi connectivity index (χ4n) is 8.79. The number of hydrogen-bond acceptors (Lipinski definition) is 6. The van der Waals surface area contributed by atoms with Gasteiger partial charge in [-0.15, -0.1) is 0 Å². The molecule has 1 aromatic heterocycles. The number of benzene rings is 2. The second-order valence-corrected chi connectivity index (χ2v) is 15.8. The van der Waals surface area contributed by atoms with E-state index in [0.29, 0.717) is 18.5 Å². The summed E-state index contributed by atoms with van der Waals surface area (Å²) in [6.45, 7) is 2.12. The highest BCUT2D eigenvalue weighted by Crippen LogP contribution is 2.66. The van der Waals surface area contributed by atoms with Crippen molar-refractivity contribution in [1.29, 1.82) is 0 Å². The van der Waals surface area contributed by atoms with Crippen molar-refractivity contribution in [3.63, 3.8) is 0 Å². The molecule has 2 bridgehead atoms. The second-order valence-electron chi connectivity index (χ2n) is 14.0. The van der Waals surface area contributed by atoms with Crippen molar-refractivity contribution >= 4 is 32.9 Å². The highest BCUT2D eigenvalue weighted by atomic mass is 32.2. The van der Waals surface area contributed by atoms with E-state index in [1.165, 1.54) is 44.5 Å². The van der Waals surface area contributed by atoms with Gasteiger partial charge in [0.15, 0.2) is 0 Å². The molecule has 4 unspecified atom stereocenters. The van der Waals surface area contributed by atoms with Crippen molar-refractivity contribution in [2.24, 2.45) is 5.41 Å². The average molecular weight is 632 g/mol. The Hall–Kier alpha value is -3.41. The zero-order valence-corrected chi connectivity index (χ0v) is 27.0. The summed E-state index contributed by atoms with van der Waals surface area (Å²) < 4.78 is 36.3. The molecule has 0 spiro atoms. The molecule has 8 rings (SSSR count). The lowest BCUT2D eigenvalue weighted by molar-refractivity contribution is -0.139. The molecule has 45 heavy (non-hydrogen) atoms. The molecule has 2 saturated carbocycles. The van der Waals surface area contributed by atoms with Gasteiger partial charge < -0.3 is 19.5 Å². The molecule has 10 nitrogen and oxygen atoms in total. The van der Waals surface area contributed by atoms with Gasteiger partial charge in [-0.25, -0.2) is 4.72 Å². The fraction of sp³-hybridized carbons (Fsp3) is 0.529. The molecule has 2 saturated heterocycles. The van der Waals surface area contributed by atoms with Crippen molar-refractivity contribution in [2.75, 3.05) is 34.3 Å². The summed E-state index contributed by atoms with van der Waals surface area (Å²) in [4.78, 5) is 30.1. The predicted molar refractivity (Wildman–Crippen MR) is 172 cm³/mol. The summed E-state index contributed by atoms with van der Waals surface area (Å²) in [7, 11) is 0.505. The summed E-state index contributed by atoms with van der Waals surface area (Å²) in [5.41, 5.74) is 5.30. The van der Waals surface area contributed by atoms with Crippen LogP contribution in [0.4, 0.5) is 0 Å². The number of aromatic nitrogens is 1. The van der Waals surface area contributed by atoms with Crippen LogP contribution < -0.4 is 14.8 Å². The number of methoxy groups -OCH3 is 1. The summed E-state index contributed by atoms with van der Waals surface area (Å²) in [5.74, 6) is 0.789. The number of piperazine rings is 1. The summed E-state index contributed by atoms with van der Waals surface area (Å²) in [5, 5.41) is 4.61. The van der Waals surface area contributed by atoms with Gasteiger partial charge in [0.2, 0.25) is 5.91 Å². The third-order valence-corrected chi connectivity index (χ3v) is 12.6. The third kappa shape index (κ3) is 4.45. The fourth-order valence-corrected chi connectivity index (χ4v) is 9.32. The lowest BCUT2D eigenvalue weighted by Crippen LogP contribution is -2.50. The molecule has 11 heteroatoms. The Morgan fingerprint density at radius 3 is 2.58 bits per heavy atom. The SMILES string of the molecule is COc1ccc2c(c1)C1CC1(C(=O)N1CC3CC1CN3)Cn1c-2c(C2CCCCC2)c2ccc(C(=O)NS(=O)(=O)N(C)C)cc21. The number of fused-ring (bicyclic) bond motifs is 9. The Bertz CT molecular complexity index is 1840. The van der Waals surface area contributed by atoms with Crippen LogP contribution in [0.15, 0.2) is 36.4 Å². The van der Waals surface area contributed by atoms with Crippen LogP contribution in [0.3, 0.4) is 0 Å². The molecule has 0 radical (unpaired) electrons. The van der Waals surface area contributed by atoms with Crippen LogP contribution in [-0.4, -0.2) is 80.4 Å². The van der Waals surface area contributed by atoms with Gasteiger partial charge in [-0.2, -0.15) is 12.7 Å². The maximum atomic E-state index is 14.6. The van der Waals surface area contributed by atoms with E-state index in [9.17, 15) is 18.0 Å². The van der Waals surface area contributed by atoms with Crippen LogP contribution in [0.5, 0.6) is 5.75 Å². The minimum Gasteiger partial charge on any atom is -0.497 e. The van der Waals surface area contributed by atoms with Crippen LogP contribution in [0.1, 0.15) is 78.3 Å². The number of amides is 2. The van der Waals surface area contributed by atoms with E-state index in [0.717, 1.165) is 71.0 Å². The molecular formula is C34H41N5O5S. The first-order chi connectivity index (χ1) is 21.6. The number of nitrogens with zero attached hydrogens (tertiary/aromatic N) is 3. The van der Waals surface area contributed by atoms with Crippen molar-refractivity contribution in [2.45, 2.75) is 75.4 Å². The molecule has 2 N–H and O–H groups in total. The van der Waals surface area contributed by atoms with Crippen LogP contribution >= 0.6 is 0 Å². The van der Waals surface area contributed by atoms with E-state index in [-0.39, 0.29) is 23.4 Å². The highest BCUT2D eigenvalue weighted by molar-refractivity contribution is 7.87. The summed E-state index contributed by atoms with van der Waals surface area (Å²) >= 11 is 0. The quantitative estimate of drug-likeness (QED) is 0.426. The molecule has 3 aromatic rings. The average Bonchev–Trinajstić information content (AvgIpc) is 3.27. The molecule has 4 atom stereocenters. The lowest BCUT2D eigenvalue weighted by atomic mass is 9.81. The molecule has 4 heterocycles. The summed E-state index contributed by atoms with van der Waals surface area (Å²) in [6, 6.07) is 12.5. The molecule has 4 fully saturated rings. The number of carbonyl (C=O) groups is 2. The van der Waals surface area contributed by atoms with Gasteiger partial charge in [0.1, 0.15) is 5.75 Å². The molecule has 2 amide bonds. The van der Waals surface area contributed by atoms with Crippen molar-refractivity contribution < 1.29 is 22.7 Å². The van der Waals surface area contributed by atoms with Gasteiger partial charge in [-0.05, 0) is 73.1 Å². The standard InChI is InChI=1S/C34H41N5O5S/c1-37(2)45(42,43)36-32(40)21-9-11-26-29(13-21)39-19-34(33(41)38-18-22-14-23(38)17-35-22)16-28(34)27-15-24(44-3)10-12-25(27)31(39)30(26)20-7-5-4-6-8-20/h9-13,15,20,22-23,28,35H,4-8,14,16-19H2,1-3H3,(H,36,40). The maximum absolute atomic E-state index is 14.6. The van der Waals surface area contributed by atoms with E-state index in [4.69, 9.17) is 4.74 Å². The minimum atomic E-state index is -3.96. The molecular weight excluding hydrogens is 590 g/mol. The number of rotatable bonds is 6. The number of ether oxygens (including phenoxy) is 1. The Morgan fingerprint density at radius 2 is 1.89 bits per heavy atom. The van der Waals surface area contributed by atoms with Crippen LogP contribution in [0.2, 0.25) is 0 Å². The molecule has 238 valence electrons. The number of carbonyl (C=O) groups excluding carboxylic acids is 2. The van der Waals surface area contributed by atoms with Crippen molar-refractivity contribution in [3.8, 4) is 17.0 Å². The molecule has 2 aromatic carbocycles. The number of hydrogen-bond donors (Lipinski definition) is 2. The largest absolute Gasteiger partial charge is 0.497 e. The van der Waals surface area contributed by atoms with Crippen molar-refractivity contribution in [3.05, 3.63) is 53.1 Å². The Morgan fingerprint density at radius 1 is 1.09 bits per heavy atom. The van der Waals surface area contributed by atoms with E-state index >= 15 is 0 Å². The monoisotopic (exact) mass is 631 g/mol. The van der Waals surface area contributed by atoms with Gasteiger partial charge in [-0.3, -0.25) is 9.59 Å². The topological polar surface area (TPSA) is 113 Å². The van der Waals surface area contributed by atoms with E-state index in [1.54, 1.807) is 13.2 Å². The van der Waals surface area contributed by atoms with E-state index in [1.807, 2.05) is 18.2 Å². The van der Waals surface area contributed by atoms with Crippen LogP contribution in [-0.2, 0) is 21.5 Å². The predicted octanol–water partition coefficient (Wildman–Crippen LogP) is 3.96. The Balaban J connectivity index is 1.33. The molecule has 2 aliphatic carbocycles. The van der Waals surface area contributed by atoms with Gasteiger partial charge in [-0.1, -0.05) is 25.3 Å². The normalized spacial score (nSPS) is 27.2.